The molecule has 1 amide bonds. The van der Waals surface area contributed by atoms with Crippen molar-refractivity contribution in [1.29, 1.82) is 0 Å². The quantitative estimate of drug-likeness (QED) is 0.630. The number of fused-ring (bicyclic) bond motifs is 1. The van der Waals surface area contributed by atoms with Crippen LogP contribution in [0, 0.1) is 6.92 Å². The Morgan fingerprint density at radius 3 is 2.44 bits per heavy atom. The molecular formula is C22H26N2O7S. The fraction of sp³-hybridized carbons (Fsp3) is 0.364. The lowest BCUT2D eigenvalue weighted by Crippen LogP contribution is -2.45. The monoisotopic (exact) mass is 462 g/mol. The maximum Gasteiger partial charge on any atom is 0.338 e. The topological polar surface area (TPSA) is 111 Å². The van der Waals surface area contributed by atoms with E-state index in [1.165, 1.54) is 6.92 Å². The number of aryl methyl sites for hydroxylation is 1. The molecular weight excluding hydrogens is 436 g/mol. The fourth-order valence-electron chi connectivity index (χ4n) is 3.36. The van der Waals surface area contributed by atoms with E-state index in [0.29, 0.717) is 41.5 Å². The van der Waals surface area contributed by atoms with Crippen LogP contribution in [-0.2, 0) is 19.6 Å². The van der Waals surface area contributed by atoms with E-state index in [4.69, 9.17) is 14.2 Å². The van der Waals surface area contributed by atoms with E-state index in [1.807, 2.05) is 0 Å². The van der Waals surface area contributed by atoms with Gasteiger partial charge in [0.15, 0.2) is 11.5 Å². The van der Waals surface area contributed by atoms with Crippen LogP contribution in [0.1, 0.15) is 29.8 Å². The Morgan fingerprint density at radius 1 is 1.12 bits per heavy atom. The lowest BCUT2D eigenvalue weighted by atomic mass is 10.1. The van der Waals surface area contributed by atoms with Crippen LogP contribution in [0.15, 0.2) is 36.4 Å². The molecule has 0 saturated heterocycles. The summed E-state index contributed by atoms with van der Waals surface area (Å²) in [5.74, 6) is -0.0516. The highest BCUT2D eigenvalue weighted by atomic mass is 32.2. The van der Waals surface area contributed by atoms with Gasteiger partial charge < -0.3 is 19.5 Å². The van der Waals surface area contributed by atoms with Crippen LogP contribution in [0.25, 0.3) is 0 Å². The minimum Gasteiger partial charge on any atom is -0.486 e. The summed E-state index contributed by atoms with van der Waals surface area (Å²) < 4.78 is 42.2. The number of nitrogens with one attached hydrogen (secondary N) is 1. The first kappa shape index (κ1) is 23.4. The first-order valence-corrected chi connectivity index (χ1v) is 11.9. The largest absolute Gasteiger partial charge is 0.486 e. The van der Waals surface area contributed by atoms with Gasteiger partial charge in [-0.15, -0.1) is 0 Å². The number of esters is 1. The SMILES string of the molecule is CCOC(=O)c1ccc(NC(=O)[C@@H](C)N(c2ccc3c(c2)OCCO3)S(C)(=O)=O)c(C)c1. The Bertz CT molecular complexity index is 1130. The number of rotatable bonds is 7. The van der Waals surface area contributed by atoms with Gasteiger partial charge in [-0.2, -0.15) is 0 Å². The molecule has 0 fully saturated rings. The number of benzene rings is 2. The van der Waals surface area contributed by atoms with Gasteiger partial charge in [0.1, 0.15) is 19.3 Å². The van der Waals surface area contributed by atoms with Crippen molar-refractivity contribution in [3.63, 3.8) is 0 Å². The molecule has 0 unspecified atom stereocenters. The number of ether oxygens (including phenoxy) is 3. The highest BCUT2D eigenvalue weighted by Gasteiger charge is 2.30. The van der Waals surface area contributed by atoms with Crippen LogP contribution < -0.4 is 19.1 Å². The van der Waals surface area contributed by atoms with E-state index in [-0.39, 0.29) is 12.3 Å². The van der Waals surface area contributed by atoms with Gasteiger partial charge in [0, 0.05) is 11.8 Å². The molecule has 1 atom stereocenters. The molecule has 0 bridgehead atoms. The molecule has 2 aromatic carbocycles. The minimum absolute atomic E-state index is 0.259. The second-order valence-corrected chi connectivity index (χ2v) is 9.16. The molecule has 1 aliphatic rings. The van der Waals surface area contributed by atoms with Crippen molar-refractivity contribution in [2.75, 3.05) is 35.7 Å². The number of hydrogen-bond acceptors (Lipinski definition) is 7. The summed E-state index contributed by atoms with van der Waals surface area (Å²) in [6.45, 7) is 5.97. The molecule has 0 radical (unpaired) electrons. The zero-order valence-corrected chi connectivity index (χ0v) is 19.2. The molecule has 0 aliphatic carbocycles. The van der Waals surface area contributed by atoms with Crippen molar-refractivity contribution in [2.45, 2.75) is 26.8 Å². The Kier molecular flexibility index (Phi) is 6.93. The summed E-state index contributed by atoms with van der Waals surface area (Å²) in [4.78, 5) is 24.9. The first-order chi connectivity index (χ1) is 15.1. The third-order valence-electron chi connectivity index (χ3n) is 4.86. The molecule has 0 aromatic heterocycles. The van der Waals surface area contributed by atoms with Gasteiger partial charge in [0.25, 0.3) is 0 Å². The number of nitrogens with zero attached hydrogens (tertiary/aromatic N) is 1. The minimum atomic E-state index is -3.80. The predicted molar refractivity (Wildman–Crippen MR) is 120 cm³/mol. The molecule has 32 heavy (non-hydrogen) atoms. The Balaban J connectivity index is 1.84. The number of anilines is 2. The van der Waals surface area contributed by atoms with Crippen LogP contribution in [0.4, 0.5) is 11.4 Å². The smallest absolute Gasteiger partial charge is 0.338 e. The van der Waals surface area contributed by atoms with Crippen molar-refractivity contribution in [1.82, 2.24) is 0 Å². The number of carbonyl (C=O) groups is 2. The van der Waals surface area contributed by atoms with Crippen LogP contribution in [-0.4, -0.2) is 52.4 Å². The third kappa shape index (κ3) is 5.13. The zero-order chi connectivity index (χ0) is 23.5. The molecule has 1 N–H and O–H groups in total. The van der Waals surface area contributed by atoms with E-state index >= 15 is 0 Å². The lowest BCUT2D eigenvalue weighted by Gasteiger charge is -2.29. The van der Waals surface area contributed by atoms with E-state index in [9.17, 15) is 18.0 Å². The Morgan fingerprint density at radius 2 is 1.81 bits per heavy atom. The van der Waals surface area contributed by atoms with Gasteiger partial charge in [0.2, 0.25) is 15.9 Å². The van der Waals surface area contributed by atoms with Crippen LogP contribution in [0.3, 0.4) is 0 Å². The zero-order valence-electron chi connectivity index (χ0n) is 18.4. The van der Waals surface area contributed by atoms with Gasteiger partial charge in [-0.1, -0.05) is 0 Å². The standard InChI is InChI=1S/C22H26N2O7S/c1-5-29-22(26)16-6-8-18(14(2)12-16)23-21(25)15(3)24(32(4,27)28)17-7-9-19-20(13-17)31-11-10-30-19/h6-9,12-13,15H,5,10-11H2,1-4H3,(H,23,25)/t15-/m1/s1. The van der Waals surface area contributed by atoms with Crippen molar-refractivity contribution >= 4 is 33.3 Å². The maximum atomic E-state index is 13.0. The van der Waals surface area contributed by atoms with Crippen LogP contribution in [0.2, 0.25) is 0 Å². The Labute approximate surface area is 187 Å². The summed E-state index contributed by atoms with van der Waals surface area (Å²) in [7, 11) is -3.80. The second kappa shape index (κ2) is 9.47. The normalized spacial score (nSPS) is 13.8. The first-order valence-electron chi connectivity index (χ1n) is 10.1. The average molecular weight is 463 g/mol. The predicted octanol–water partition coefficient (Wildman–Crippen LogP) is 2.74. The molecule has 1 heterocycles. The van der Waals surface area contributed by atoms with Crippen molar-refractivity contribution in [2.24, 2.45) is 0 Å². The van der Waals surface area contributed by atoms with Gasteiger partial charge in [0.05, 0.1) is 24.1 Å². The average Bonchev–Trinajstić information content (AvgIpc) is 2.74. The van der Waals surface area contributed by atoms with Gasteiger partial charge in [-0.25, -0.2) is 13.2 Å². The Hall–Kier alpha value is -3.27. The summed E-state index contributed by atoms with van der Waals surface area (Å²) in [5, 5.41) is 2.74. The van der Waals surface area contributed by atoms with Crippen LogP contribution in [0.5, 0.6) is 11.5 Å². The van der Waals surface area contributed by atoms with Crippen molar-refractivity contribution in [3.8, 4) is 11.5 Å². The number of sulfonamides is 1. The molecule has 3 rings (SSSR count). The highest BCUT2D eigenvalue weighted by Crippen LogP contribution is 2.35. The number of amides is 1. The lowest BCUT2D eigenvalue weighted by molar-refractivity contribution is -0.116. The van der Waals surface area contributed by atoms with Gasteiger partial charge in [-0.05, 0) is 56.7 Å². The van der Waals surface area contributed by atoms with E-state index in [1.54, 1.807) is 50.2 Å². The fourth-order valence-corrected chi connectivity index (χ4v) is 4.53. The van der Waals surface area contributed by atoms with E-state index < -0.39 is 27.9 Å². The van der Waals surface area contributed by atoms with Gasteiger partial charge in [-0.3, -0.25) is 9.10 Å². The second-order valence-electron chi connectivity index (χ2n) is 7.30. The molecule has 9 nitrogen and oxygen atoms in total. The van der Waals surface area contributed by atoms with Gasteiger partial charge >= 0.3 is 5.97 Å². The summed E-state index contributed by atoms with van der Waals surface area (Å²) in [6.07, 6.45) is 1.03. The molecule has 0 saturated carbocycles. The van der Waals surface area contributed by atoms with Crippen molar-refractivity contribution < 1.29 is 32.2 Å². The number of hydrogen-bond donors (Lipinski definition) is 1. The molecule has 1 aliphatic heterocycles. The highest BCUT2D eigenvalue weighted by molar-refractivity contribution is 7.92. The maximum absolute atomic E-state index is 13.0. The molecule has 2 aromatic rings. The van der Waals surface area contributed by atoms with E-state index in [0.717, 1.165) is 10.6 Å². The van der Waals surface area contributed by atoms with Crippen LogP contribution >= 0.6 is 0 Å². The third-order valence-corrected chi connectivity index (χ3v) is 6.11. The summed E-state index contributed by atoms with van der Waals surface area (Å²) >= 11 is 0. The summed E-state index contributed by atoms with van der Waals surface area (Å²) in [6, 6.07) is 8.40. The van der Waals surface area contributed by atoms with Crippen molar-refractivity contribution in [3.05, 3.63) is 47.5 Å². The number of carbonyl (C=O) groups excluding carboxylic acids is 2. The molecule has 10 heteroatoms. The summed E-state index contributed by atoms with van der Waals surface area (Å²) in [5.41, 5.74) is 1.75. The molecule has 0 spiro atoms. The van der Waals surface area contributed by atoms with E-state index in [2.05, 4.69) is 5.32 Å². The molecule has 172 valence electrons.